The maximum absolute atomic E-state index is 12.8. The Balaban J connectivity index is 1.55. The maximum Gasteiger partial charge on any atom is 0.348 e. The van der Waals surface area contributed by atoms with Gasteiger partial charge in [-0.1, -0.05) is 0 Å². The molecule has 1 aliphatic rings. The summed E-state index contributed by atoms with van der Waals surface area (Å²) >= 11 is 0. The van der Waals surface area contributed by atoms with Crippen LogP contribution < -0.4 is 15.3 Å². The van der Waals surface area contributed by atoms with Crippen LogP contribution in [0.4, 0.5) is 5.82 Å². The average Bonchev–Trinajstić information content (AvgIpc) is 2.72. The second kappa shape index (κ2) is 7.02. The Labute approximate surface area is 154 Å². The molecule has 0 saturated carbocycles. The number of H-pyrrole nitrogens is 1. The number of rotatable bonds is 3. The van der Waals surface area contributed by atoms with E-state index in [2.05, 4.69) is 19.9 Å². The Morgan fingerprint density at radius 2 is 1.85 bits per heavy atom. The maximum atomic E-state index is 12.8. The number of aromatic nitrogens is 4. The number of nitrogens with one attached hydrogen (secondary N) is 1. The van der Waals surface area contributed by atoms with Gasteiger partial charge >= 0.3 is 5.69 Å². The Morgan fingerprint density at radius 1 is 1.11 bits per heavy atom. The normalized spacial score (nSPS) is 14.4. The molecule has 3 aromatic heterocycles. The molecule has 9 nitrogen and oxygen atoms in total. The first-order valence-corrected chi connectivity index (χ1v) is 8.55. The van der Waals surface area contributed by atoms with Gasteiger partial charge in [0.2, 0.25) is 5.88 Å². The van der Waals surface area contributed by atoms with E-state index >= 15 is 0 Å². The largest absolute Gasteiger partial charge is 0.480 e. The molecule has 138 valence electrons. The Morgan fingerprint density at radius 3 is 2.63 bits per heavy atom. The van der Waals surface area contributed by atoms with Crippen LogP contribution in [0.5, 0.6) is 5.88 Å². The minimum Gasteiger partial charge on any atom is -0.480 e. The number of anilines is 1. The van der Waals surface area contributed by atoms with E-state index in [9.17, 15) is 9.59 Å². The van der Waals surface area contributed by atoms with E-state index < -0.39 is 5.69 Å². The quantitative estimate of drug-likeness (QED) is 0.727. The fourth-order valence-corrected chi connectivity index (χ4v) is 3.22. The molecule has 0 spiro atoms. The number of carbonyl (C=O) groups is 1. The van der Waals surface area contributed by atoms with Crippen molar-refractivity contribution in [2.45, 2.75) is 0 Å². The lowest BCUT2D eigenvalue weighted by molar-refractivity contribution is 0.0742. The van der Waals surface area contributed by atoms with Crippen molar-refractivity contribution in [2.24, 2.45) is 0 Å². The number of piperazine rings is 1. The van der Waals surface area contributed by atoms with Crippen molar-refractivity contribution >= 4 is 22.8 Å². The van der Waals surface area contributed by atoms with Crippen LogP contribution in [0.15, 0.2) is 41.5 Å². The lowest BCUT2D eigenvalue weighted by atomic mass is 10.2. The zero-order valence-electron chi connectivity index (χ0n) is 14.8. The lowest BCUT2D eigenvalue weighted by Gasteiger charge is -2.35. The molecule has 1 aliphatic heterocycles. The fourth-order valence-electron chi connectivity index (χ4n) is 3.22. The van der Waals surface area contributed by atoms with Gasteiger partial charge in [0.15, 0.2) is 0 Å². The van der Waals surface area contributed by atoms with Crippen molar-refractivity contribution in [1.29, 1.82) is 0 Å². The van der Waals surface area contributed by atoms with Crippen molar-refractivity contribution in [1.82, 2.24) is 24.8 Å². The molecule has 0 atom stereocenters. The van der Waals surface area contributed by atoms with Gasteiger partial charge < -0.3 is 14.5 Å². The number of ether oxygens (including phenoxy) is 1. The zero-order chi connectivity index (χ0) is 18.8. The summed E-state index contributed by atoms with van der Waals surface area (Å²) in [5, 5.41) is 0.783. The van der Waals surface area contributed by atoms with Crippen LogP contribution >= 0.6 is 0 Å². The SMILES string of the molecule is COc1ncccc1C(=O)N1CCN(c2nc(=O)[nH]c3ncccc23)CC1. The molecular weight excluding hydrogens is 348 g/mol. The molecule has 0 aromatic carbocycles. The molecule has 1 saturated heterocycles. The van der Waals surface area contributed by atoms with E-state index in [1.165, 1.54) is 7.11 Å². The molecule has 1 fully saturated rings. The number of methoxy groups -OCH3 is 1. The summed E-state index contributed by atoms with van der Waals surface area (Å²) in [6, 6.07) is 7.10. The number of amides is 1. The number of hydrogen-bond donors (Lipinski definition) is 1. The molecule has 3 aromatic rings. The third-order valence-electron chi connectivity index (χ3n) is 4.54. The van der Waals surface area contributed by atoms with Crippen LogP contribution in [0.1, 0.15) is 10.4 Å². The Hall–Kier alpha value is -3.49. The smallest absolute Gasteiger partial charge is 0.348 e. The second-order valence-corrected chi connectivity index (χ2v) is 6.10. The van der Waals surface area contributed by atoms with Gasteiger partial charge in [0, 0.05) is 38.6 Å². The molecule has 0 aliphatic carbocycles. The first-order chi connectivity index (χ1) is 13.2. The predicted octanol–water partition coefficient (Wildman–Crippen LogP) is 0.684. The third-order valence-corrected chi connectivity index (χ3v) is 4.54. The van der Waals surface area contributed by atoms with Crippen molar-refractivity contribution in [2.75, 3.05) is 38.2 Å². The summed E-state index contributed by atoms with van der Waals surface area (Å²) in [7, 11) is 1.49. The van der Waals surface area contributed by atoms with E-state index in [0.717, 1.165) is 5.39 Å². The molecule has 9 heteroatoms. The van der Waals surface area contributed by atoms with Gasteiger partial charge in [-0.3, -0.25) is 9.78 Å². The van der Waals surface area contributed by atoms with E-state index in [1.807, 2.05) is 11.0 Å². The van der Waals surface area contributed by atoms with Crippen molar-refractivity contribution in [3.05, 3.63) is 52.7 Å². The Kier molecular flexibility index (Phi) is 4.41. The molecule has 4 heterocycles. The van der Waals surface area contributed by atoms with Crippen LogP contribution in [0.25, 0.3) is 11.0 Å². The predicted molar refractivity (Wildman–Crippen MR) is 99.1 cm³/mol. The van der Waals surface area contributed by atoms with Gasteiger partial charge in [-0.15, -0.1) is 0 Å². The van der Waals surface area contributed by atoms with Crippen LogP contribution in [-0.4, -0.2) is 64.0 Å². The van der Waals surface area contributed by atoms with Gasteiger partial charge in [0.05, 0.1) is 12.5 Å². The number of hydrogen-bond acceptors (Lipinski definition) is 7. The van der Waals surface area contributed by atoms with Gasteiger partial charge in [-0.05, 0) is 24.3 Å². The molecule has 0 unspecified atom stereocenters. The number of aromatic amines is 1. The standard InChI is InChI=1S/C18H18N6O3/c1-27-16-13(5-3-7-20-16)17(25)24-10-8-23(9-11-24)15-12-4-2-6-19-14(12)21-18(26)22-15/h2-7H,8-11H2,1H3,(H,19,21,22,26). The summed E-state index contributed by atoms with van der Waals surface area (Å²) in [5.74, 6) is 0.788. The molecule has 1 amide bonds. The van der Waals surface area contributed by atoms with E-state index in [1.54, 1.807) is 35.5 Å². The number of pyridine rings is 2. The lowest BCUT2D eigenvalue weighted by Crippen LogP contribution is -2.49. The van der Waals surface area contributed by atoms with E-state index in [-0.39, 0.29) is 5.91 Å². The van der Waals surface area contributed by atoms with Crippen LogP contribution in [-0.2, 0) is 0 Å². The number of carbonyl (C=O) groups excluding carboxylic acids is 1. The third kappa shape index (κ3) is 3.19. The highest BCUT2D eigenvalue weighted by molar-refractivity contribution is 5.96. The highest BCUT2D eigenvalue weighted by atomic mass is 16.5. The first-order valence-electron chi connectivity index (χ1n) is 8.55. The Bertz CT molecular complexity index is 1040. The molecule has 0 bridgehead atoms. The first kappa shape index (κ1) is 17.0. The van der Waals surface area contributed by atoms with Crippen LogP contribution in [0.3, 0.4) is 0 Å². The summed E-state index contributed by atoms with van der Waals surface area (Å²) in [6.45, 7) is 2.14. The number of fused-ring (bicyclic) bond motifs is 1. The molecule has 0 radical (unpaired) electrons. The summed E-state index contributed by atoms with van der Waals surface area (Å²) in [4.78, 5) is 43.4. The summed E-state index contributed by atoms with van der Waals surface area (Å²) < 4.78 is 5.18. The molecule has 4 rings (SSSR count). The van der Waals surface area contributed by atoms with Crippen LogP contribution in [0, 0.1) is 0 Å². The highest BCUT2D eigenvalue weighted by Gasteiger charge is 2.26. The zero-order valence-corrected chi connectivity index (χ0v) is 14.8. The van der Waals surface area contributed by atoms with Gasteiger partial charge in [-0.25, -0.2) is 14.8 Å². The second-order valence-electron chi connectivity index (χ2n) is 6.10. The highest BCUT2D eigenvalue weighted by Crippen LogP contribution is 2.23. The minimum atomic E-state index is -0.435. The summed E-state index contributed by atoms with van der Waals surface area (Å²) in [5.41, 5.74) is 0.512. The summed E-state index contributed by atoms with van der Waals surface area (Å²) in [6.07, 6.45) is 3.21. The van der Waals surface area contributed by atoms with E-state index in [0.29, 0.717) is 49.1 Å². The van der Waals surface area contributed by atoms with Crippen molar-refractivity contribution in [3.63, 3.8) is 0 Å². The van der Waals surface area contributed by atoms with Crippen molar-refractivity contribution in [3.8, 4) is 5.88 Å². The molecule has 27 heavy (non-hydrogen) atoms. The van der Waals surface area contributed by atoms with Crippen molar-refractivity contribution < 1.29 is 9.53 Å². The number of nitrogens with zero attached hydrogens (tertiary/aromatic N) is 5. The topological polar surface area (TPSA) is 104 Å². The minimum absolute atomic E-state index is 0.120. The van der Waals surface area contributed by atoms with Gasteiger partial charge in [0.25, 0.3) is 5.91 Å². The average molecular weight is 366 g/mol. The van der Waals surface area contributed by atoms with Crippen LogP contribution in [0.2, 0.25) is 0 Å². The fraction of sp³-hybridized carbons (Fsp3) is 0.278. The molecule has 1 N–H and O–H groups in total. The van der Waals surface area contributed by atoms with Gasteiger partial charge in [0.1, 0.15) is 17.0 Å². The van der Waals surface area contributed by atoms with Gasteiger partial charge in [-0.2, -0.15) is 4.98 Å². The van der Waals surface area contributed by atoms with E-state index in [4.69, 9.17) is 4.74 Å². The monoisotopic (exact) mass is 366 g/mol. The molecular formula is C18H18N6O3.